The first-order valence-corrected chi connectivity index (χ1v) is 10.4. The first-order valence-electron chi connectivity index (χ1n) is 10.4. The van der Waals surface area contributed by atoms with Crippen molar-refractivity contribution in [1.82, 2.24) is 5.32 Å². The number of rotatable bonds is 6. The van der Waals surface area contributed by atoms with Gasteiger partial charge >= 0.3 is 0 Å². The molecule has 0 aromatic heterocycles. The van der Waals surface area contributed by atoms with E-state index in [1.807, 2.05) is 39.0 Å². The highest BCUT2D eigenvalue weighted by Crippen LogP contribution is 2.22. The molecule has 3 rings (SSSR count). The lowest BCUT2D eigenvalue weighted by Gasteiger charge is -2.22. The topological polar surface area (TPSA) is 70.2 Å². The first kappa shape index (κ1) is 20.9. The summed E-state index contributed by atoms with van der Waals surface area (Å²) in [4.78, 5) is 24.9. The lowest BCUT2D eigenvalue weighted by molar-refractivity contribution is -0.114. The molecular weight excluding hydrogens is 362 g/mol. The third-order valence-electron chi connectivity index (χ3n) is 5.46. The molecule has 5 heteroatoms. The van der Waals surface area contributed by atoms with Gasteiger partial charge in [0.1, 0.15) is 0 Å². The summed E-state index contributed by atoms with van der Waals surface area (Å²) in [6, 6.07) is 11.7. The van der Waals surface area contributed by atoms with Crippen LogP contribution >= 0.6 is 0 Å². The van der Waals surface area contributed by atoms with E-state index in [1.165, 1.54) is 24.8 Å². The van der Waals surface area contributed by atoms with E-state index in [2.05, 4.69) is 28.1 Å². The van der Waals surface area contributed by atoms with Gasteiger partial charge in [-0.15, -0.1) is 0 Å². The fourth-order valence-corrected chi connectivity index (χ4v) is 4.03. The van der Waals surface area contributed by atoms with Crippen molar-refractivity contribution in [2.75, 3.05) is 17.2 Å². The van der Waals surface area contributed by atoms with Gasteiger partial charge in [0.05, 0.1) is 6.54 Å². The summed E-state index contributed by atoms with van der Waals surface area (Å²) in [5.74, 6) is -0.159. The Kier molecular flexibility index (Phi) is 6.91. The highest BCUT2D eigenvalue weighted by Gasteiger charge is 2.17. The van der Waals surface area contributed by atoms with Crippen LogP contribution in [0.2, 0.25) is 0 Å². The van der Waals surface area contributed by atoms with Gasteiger partial charge in [0.15, 0.2) is 0 Å². The number of hydrogen-bond donors (Lipinski definition) is 3. The number of carbonyl (C=O) groups is 2. The molecule has 1 saturated carbocycles. The van der Waals surface area contributed by atoms with Crippen LogP contribution in [0.3, 0.4) is 0 Å². The van der Waals surface area contributed by atoms with Gasteiger partial charge in [0, 0.05) is 23.0 Å². The lowest BCUT2D eigenvalue weighted by Crippen LogP contribution is -2.36. The number of benzene rings is 2. The van der Waals surface area contributed by atoms with Gasteiger partial charge in [0.2, 0.25) is 5.91 Å². The Morgan fingerprint density at radius 1 is 0.966 bits per heavy atom. The number of hydrogen-bond acceptors (Lipinski definition) is 3. The van der Waals surface area contributed by atoms with Crippen LogP contribution in [-0.2, 0) is 4.79 Å². The lowest BCUT2D eigenvalue weighted by atomic mass is 9.95. The first-order chi connectivity index (χ1) is 13.9. The van der Waals surface area contributed by atoms with Gasteiger partial charge in [-0.05, 0) is 62.9 Å². The number of aryl methyl sites for hydroxylation is 3. The molecule has 0 radical (unpaired) electrons. The van der Waals surface area contributed by atoms with Crippen molar-refractivity contribution in [3.05, 3.63) is 58.7 Å². The second kappa shape index (κ2) is 9.59. The zero-order chi connectivity index (χ0) is 20.8. The van der Waals surface area contributed by atoms with E-state index in [1.54, 1.807) is 6.07 Å². The smallest absolute Gasteiger partial charge is 0.251 e. The minimum absolute atomic E-state index is 0.0455. The van der Waals surface area contributed by atoms with Crippen molar-refractivity contribution in [2.24, 2.45) is 0 Å². The van der Waals surface area contributed by atoms with Gasteiger partial charge in [0.25, 0.3) is 5.91 Å². The van der Waals surface area contributed by atoms with Gasteiger partial charge in [-0.2, -0.15) is 0 Å². The Morgan fingerprint density at radius 2 is 1.66 bits per heavy atom. The molecule has 1 aliphatic carbocycles. The average Bonchev–Trinajstić information content (AvgIpc) is 2.70. The monoisotopic (exact) mass is 393 g/mol. The Hall–Kier alpha value is -2.82. The molecule has 0 heterocycles. The van der Waals surface area contributed by atoms with E-state index in [0.29, 0.717) is 5.56 Å². The quantitative estimate of drug-likeness (QED) is 0.665. The molecule has 5 nitrogen and oxygen atoms in total. The normalized spacial score (nSPS) is 14.3. The SMILES string of the molecule is Cc1cc(C)c(NC(=O)CNc2cccc(C(=O)NC3CCCCC3)c2)c(C)c1. The van der Waals surface area contributed by atoms with Crippen LogP contribution in [0, 0.1) is 20.8 Å². The zero-order valence-corrected chi connectivity index (χ0v) is 17.6. The van der Waals surface area contributed by atoms with E-state index in [9.17, 15) is 9.59 Å². The minimum atomic E-state index is -0.114. The fourth-order valence-electron chi connectivity index (χ4n) is 4.03. The molecular formula is C24H31N3O2. The van der Waals surface area contributed by atoms with Crippen molar-refractivity contribution in [3.63, 3.8) is 0 Å². The average molecular weight is 394 g/mol. The summed E-state index contributed by atoms with van der Waals surface area (Å²) in [5.41, 5.74) is 5.52. The van der Waals surface area contributed by atoms with Crippen molar-refractivity contribution >= 4 is 23.2 Å². The highest BCUT2D eigenvalue weighted by atomic mass is 16.2. The summed E-state index contributed by atoms with van der Waals surface area (Å²) in [5, 5.41) is 9.24. The Morgan fingerprint density at radius 3 is 2.34 bits per heavy atom. The molecule has 2 aromatic carbocycles. The predicted molar refractivity (Wildman–Crippen MR) is 119 cm³/mol. The maximum absolute atomic E-state index is 12.5. The van der Waals surface area contributed by atoms with Crippen LogP contribution < -0.4 is 16.0 Å². The molecule has 2 aromatic rings. The molecule has 0 aliphatic heterocycles. The van der Waals surface area contributed by atoms with Gasteiger partial charge in [-0.25, -0.2) is 0 Å². The Balaban J connectivity index is 1.56. The molecule has 0 bridgehead atoms. The molecule has 154 valence electrons. The van der Waals surface area contributed by atoms with Gasteiger partial charge in [-0.1, -0.05) is 43.0 Å². The maximum atomic E-state index is 12.5. The van der Waals surface area contributed by atoms with E-state index >= 15 is 0 Å². The zero-order valence-electron chi connectivity index (χ0n) is 17.6. The number of nitrogens with one attached hydrogen (secondary N) is 3. The summed E-state index contributed by atoms with van der Waals surface area (Å²) in [6.07, 6.45) is 5.74. The third kappa shape index (κ3) is 5.83. The van der Waals surface area contributed by atoms with Crippen molar-refractivity contribution in [1.29, 1.82) is 0 Å². The number of carbonyl (C=O) groups excluding carboxylic acids is 2. The van der Waals surface area contributed by atoms with E-state index in [0.717, 1.165) is 35.3 Å². The molecule has 2 amide bonds. The molecule has 29 heavy (non-hydrogen) atoms. The maximum Gasteiger partial charge on any atom is 0.251 e. The van der Waals surface area contributed by atoms with Gasteiger partial charge in [-0.3, -0.25) is 9.59 Å². The second-order valence-corrected chi connectivity index (χ2v) is 8.06. The summed E-state index contributed by atoms with van der Waals surface area (Å²) in [6.45, 7) is 6.18. The van der Waals surface area contributed by atoms with Crippen molar-refractivity contribution in [2.45, 2.75) is 58.9 Å². The second-order valence-electron chi connectivity index (χ2n) is 8.06. The van der Waals surface area contributed by atoms with Crippen LogP contribution in [0.15, 0.2) is 36.4 Å². The van der Waals surface area contributed by atoms with Crippen LogP contribution in [0.1, 0.15) is 59.2 Å². The van der Waals surface area contributed by atoms with Crippen LogP contribution in [-0.4, -0.2) is 24.4 Å². The van der Waals surface area contributed by atoms with Crippen LogP contribution in [0.4, 0.5) is 11.4 Å². The molecule has 1 aliphatic rings. The van der Waals surface area contributed by atoms with Crippen LogP contribution in [0.25, 0.3) is 0 Å². The summed E-state index contributed by atoms with van der Waals surface area (Å²) >= 11 is 0. The highest BCUT2D eigenvalue weighted by molar-refractivity contribution is 5.97. The number of amides is 2. The Labute approximate surface area is 173 Å². The molecule has 1 fully saturated rings. The van der Waals surface area contributed by atoms with Gasteiger partial charge < -0.3 is 16.0 Å². The number of anilines is 2. The largest absolute Gasteiger partial charge is 0.376 e. The molecule has 0 saturated heterocycles. The van der Waals surface area contributed by atoms with Crippen LogP contribution in [0.5, 0.6) is 0 Å². The minimum Gasteiger partial charge on any atom is -0.376 e. The third-order valence-corrected chi connectivity index (χ3v) is 5.46. The molecule has 0 spiro atoms. The molecule has 3 N–H and O–H groups in total. The standard InChI is InChI=1S/C24H31N3O2/c1-16-12-17(2)23(18(3)13-16)27-22(28)15-25-21-11-7-8-19(14-21)24(29)26-20-9-5-4-6-10-20/h7-8,11-14,20,25H,4-6,9-10,15H2,1-3H3,(H,26,29)(H,27,28). The van der Waals surface area contributed by atoms with E-state index < -0.39 is 0 Å². The molecule has 0 unspecified atom stereocenters. The van der Waals surface area contributed by atoms with Crippen molar-refractivity contribution < 1.29 is 9.59 Å². The fraction of sp³-hybridized carbons (Fsp3) is 0.417. The summed E-state index contributed by atoms with van der Waals surface area (Å²) in [7, 11) is 0. The Bertz CT molecular complexity index is 862. The molecule has 0 atom stereocenters. The van der Waals surface area contributed by atoms with E-state index in [-0.39, 0.29) is 24.4 Å². The summed E-state index contributed by atoms with van der Waals surface area (Å²) < 4.78 is 0. The predicted octanol–water partition coefficient (Wildman–Crippen LogP) is 4.72. The van der Waals surface area contributed by atoms with E-state index in [4.69, 9.17) is 0 Å². The van der Waals surface area contributed by atoms with Crippen molar-refractivity contribution in [3.8, 4) is 0 Å².